The van der Waals surface area contributed by atoms with Crippen LogP contribution >= 0.6 is 11.3 Å². The third-order valence-electron chi connectivity index (χ3n) is 15.8. The van der Waals surface area contributed by atoms with Crippen molar-refractivity contribution in [3.8, 4) is 89.8 Å². The predicted octanol–water partition coefficient (Wildman–Crippen LogP) is 18.5. The first-order valence-electron chi connectivity index (χ1n) is 25.5. The molecule has 348 valence electrons. The summed E-state index contributed by atoms with van der Waals surface area (Å²) in [5.41, 5.74) is 21.3. The fraction of sp³-hybridized carbons (Fsp3) is 0.0143. The van der Waals surface area contributed by atoms with Crippen molar-refractivity contribution in [1.82, 2.24) is 15.0 Å². The smallest absolute Gasteiger partial charge is 0.164 e. The molecule has 0 saturated carbocycles. The molecule has 2 aliphatic rings. The third kappa shape index (κ3) is 6.26. The van der Waals surface area contributed by atoms with Crippen molar-refractivity contribution in [3.05, 3.63) is 271 Å². The fourth-order valence-electron chi connectivity index (χ4n) is 12.5. The molecule has 0 fully saturated rings. The standard InChI is InChI=1S/C70H41N3OS/c1-2-15-42(16-3-1)43-31-33-44(34-32-43)67-71-68(48-35-37-54-53-22-7-11-30-63(53)75-64(54)41-48)73-69(72-67)56-25-14-29-62-65(56)57-40-46(36-38-61(57)74-62)45-17-12-18-47(39-45)49-23-13-24-55-52-21-6-10-28-60(52)70(66(49)55)58-26-8-4-19-50(58)51-20-5-9-27-59(51)70/h1-41H. The first-order chi connectivity index (χ1) is 37.2. The number of aromatic nitrogens is 3. The Kier molecular flexibility index (Phi) is 9.09. The Balaban J connectivity index is 0.847. The van der Waals surface area contributed by atoms with Gasteiger partial charge in [-0.05, 0) is 114 Å². The van der Waals surface area contributed by atoms with Crippen LogP contribution in [0.25, 0.3) is 132 Å². The maximum absolute atomic E-state index is 6.68. The van der Waals surface area contributed by atoms with Crippen molar-refractivity contribution in [2.24, 2.45) is 0 Å². The quantitative estimate of drug-likeness (QED) is 0.167. The van der Waals surface area contributed by atoms with E-state index in [1.165, 1.54) is 75.8 Å². The second kappa shape index (κ2) is 16.2. The maximum atomic E-state index is 6.68. The summed E-state index contributed by atoms with van der Waals surface area (Å²) < 4.78 is 9.14. The molecule has 5 heteroatoms. The van der Waals surface area contributed by atoms with Crippen LogP contribution in [0.15, 0.2) is 253 Å². The topological polar surface area (TPSA) is 51.8 Å². The van der Waals surface area contributed by atoms with Crippen LogP contribution in [0.1, 0.15) is 22.3 Å². The highest BCUT2D eigenvalue weighted by molar-refractivity contribution is 7.25. The summed E-state index contributed by atoms with van der Waals surface area (Å²) in [6, 6.07) is 89.9. The first-order valence-corrected chi connectivity index (χ1v) is 26.3. The monoisotopic (exact) mass is 971 g/mol. The maximum Gasteiger partial charge on any atom is 0.164 e. The van der Waals surface area contributed by atoms with Crippen molar-refractivity contribution >= 4 is 53.4 Å². The van der Waals surface area contributed by atoms with Gasteiger partial charge in [0.05, 0.1) is 5.41 Å². The van der Waals surface area contributed by atoms with E-state index in [4.69, 9.17) is 19.4 Å². The number of benzene rings is 11. The molecule has 0 unspecified atom stereocenters. The van der Waals surface area contributed by atoms with E-state index in [9.17, 15) is 0 Å². The molecule has 4 nitrogen and oxygen atoms in total. The van der Waals surface area contributed by atoms with Gasteiger partial charge in [-0.1, -0.05) is 212 Å². The van der Waals surface area contributed by atoms with Gasteiger partial charge in [0, 0.05) is 47.6 Å². The minimum atomic E-state index is -0.456. The van der Waals surface area contributed by atoms with Crippen LogP contribution in [0.2, 0.25) is 0 Å². The van der Waals surface area contributed by atoms with Crippen molar-refractivity contribution in [3.63, 3.8) is 0 Å². The molecule has 16 rings (SSSR count). The lowest BCUT2D eigenvalue weighted by Crippen LogP contribution is -2.26. The minimum Gasteiger partial charge on any atom is -0.456 e. The molecule has 3 heterocycles. The minimum absolute atomic E-state index is 0.456. The van der Waals surface area contributed by atoms with E-state index < -0.39 is 5.41 Å². The van der Waals surface area contributed by atoms with Crippen molar-refractivity contribution in [2.45, 2.75) is 5.41 Å². The molecule has 3 aromatic heterocycles. The van der Waals surface area contributed by atoms with E-state index in [1.807, 2.05) is 18.2 Å². The summed E-state index contributed by atoms with van der Waals surface area (Å²) in [5, 5.41) is 4.45. The van der Waals surface area contributed by atoms with Crippen molar-refractivity contribution < 1.29 is 4.42 Å². The second-order valence-corrected chi connectivity index (χ2v) is 20.8. The highest BCUT2D eigenvalue weighted by atomic mass is 32.1. The highest BCUT2D eigenvalue weighted by Gasteiger charge is 2.52. The molecular formula is C70H41N3OS. The molecule has 0 radical (unpaired) electrons. The van der Waals surface area contributed by atoms with Crippen LogP contribution in [0, 0.1) is 0 Å². The van der Waals surface area contributed by atoms with Crippen LogP contribution in [0.5, 0.6) is 0 Å². The lowest BCUT2D eigenvalue weighted by molar-refractivity contribution is 0.669. The number of hydrogen-bond donors (Lipinski definition) is 0. The molecule has 0 amide bonds. The van der Waals surface area contributed by atoms with E-state index >= 15 is 0 Å². The number of hydrogen-bond acceptors (Lipinski definition) is 5. The Morgan fingerprint density at radius 2 is 0.813 bits per heavy atom. The number of rotatable bonds is 6. The van der Waals surface area contributed by atoms with Gasteiger partial charge >= 0.3 is 0 Å². The molecule has 0 aliphatic heterocycles. The van der Waals surface area contributed by atoms with Gasteiger partial charge in [-0.25, -0.2) is 15.0 Å². The van der Waals surface area contributed by atoms with E-state index in [1.54, 1.807) is 11.3 Å². The summed E-state index contributed by atoms with van der Waals surface area (Å²) in [7, 11) is 0. The van der Waals surface area contributed by atoms with Gasteiger partial charge < -0.3 is 4.42 Å². The summed E-state index contributed by atoms with van der Waals surface area (Å²) in [4.78, 5) is 15.8. The molecule has 0 bridgehead atoms. The second-order valence-electron chi connectivity index (χ2n) is 19.7. The van der Waals surface area contributed by atoms with Crippen LogP contribution in [-0.2, 0) is 5.41 Å². The molecular weight excluding hydrogens is 931 g/mol. The summed E-state index contributed by atoms with van der Waals surface area (Å²) in [6.07, 6.45) is 0. The molecule has 0 N–H and O–H groups in total. The summed E-state index contributed by atoms with van der Waals surface area (Å²) >= 11 is 1.79. The Bertz CT molecular complexity index is 4600. The SMILES string of the molecule is c1ccc(-c2ccc(-c3nc(-c4ccc5c(c4)sc4ccccc45)nc(-c4cccc5oc6ccc(-c7cccc(-c8cccc9c8C8(c%10ccccc%10-c%10ccccc%108)c8ccccc8-9)c7)cc6c45)n3)cc2)cc1. The first kappa shape index (κ1) is 42.0. The largest absolute Gasteiger partial charge is 0.456 e. The van der Waals surface area contributed by atoms with Gasteiger partial charge in [0.25, 0.3) is 0 Å². The molecule has 0 saturated heterocycles. The van der Waals surface area contributed by atoms with Gasteiger partial charge in [0.2, 0.25) is 0 Å². The average Bonchev–Trinajstić information content (AvgIpc) is 4.23. The number of fused-ring (bicyclic) bond motifs is 16. The lowest BCUT2D eigenvalue weighted by Gasteiger charge is -2.32. The summed E-state index contributed by atoms with van der Waals surface area (Å²) in [5.74, 6) is 1.81. The van der Waals surface area contributed by atoms with Crippen LogP contribution in [0.3, 0.4) is 0 Å². The van der Waals surface area contributed by atoms with E-state index in [0.717, 1.165) is 60.9 Å². The van der Waals surface area contributed by atoms with E-state index in [-0.39, 0.29) is 0 Å². The van der Waals surface area contributed by atoms with E-state index in [2.05, 4.69) is 231 Å². The Morgan fingerprint density at radius 1 is 0.293 bits per heavy atom. The zero-order valence-electron chi connectivity index (χ0n) is 40.3. The van der Waals surface area contributed by atoms with Gasteiger partial charge in [-0.3, -0.25) is 0 Å². The molecule has 0 atom stereocenters. The Hall–Kier alpha value is -9.55. The summed E-state index contributed by atoms with van der Waals surface area (Å²) in [6.45, 7) is 0. The van der Waals surface area contributed by atoms with Crippen molar-refractivity contribution in [1.29, 1.82) is 0 Å². The zero-order valence-corrected chi connectivity index (χ0v) is 41.1. The number of furan rings is 1. The molecule has 1 spiro atoms. The highest BCUT2D eigenvalue weighted by Crippen LogP contribution is 2.64. The fourth-order valence-corrected chi connectivity index (χ4v) is 13.7. The van der Waals surface area contributed by atoms with Gasteiger partial charge in [-0.15, -0.1) is 11.3 Å². The zero-order chi connectivity index (χ0) is 49.2. The molecule has 11 aromatic carbocycles. The number of nitrogens with zero attached hydrogens (tertiary/aromatic N) is 3. The Labute approximate surface area is 436 Å². The number of thiophene rings is 1. The van der Waals surface area contributed by atoms with Crippen molar-refractivity contribution in [2.75, 3.05) is 0 Å². The van der Waals surface area contributed by atoms with Crippen LogP contribution < -0.4 is 0 Å². The average molecular weight is 972 g/mol. The molecule has 2 aliphatic carbocycles. The molecule has 14 aromatic rings. The Morgan fingerprint density at radius 3 is 1.60 bits per heavy atom. The van der Waals surface area contributed by atoms with Gasteiger partial charge in [0.1, 0.15) is 11.2 Å². The predicted molar refractivity (Wildman–Crippen MR) is 309 cm³/mol. The normalized spacial score (nSPS) is 12.9. The third-order valence-corrected chi connectivity index (χ3v) is 16.9. The van der Waals surface area contributed by atoms with Gasteiger partial charge in [0.15, 0.2) is 17.5 Å². The van der Waals surface area contributed by atoms with E-state index in [0.29, 0.717) is 17.5 Å². The molecule has 75 heavy (non-hydrogen) atoms. The van der Waals surface area contributed by atoms with Crippen LogP contribution in [-0.4, -0.2) is 15.0 Å². The van der Waals surface area contributed by atoms with Crippen LogP contribution in [0.4, 0.5) is 0 Å². The van der Waals surface area contributed by atoms with Gasteiger partial charge in [-0.2, -0.15) is 0 Å². The lowest BCUT2D eigenvalue weighted by atomic mass is 9.68.